The Balaban J connectivity index is 4.07. The van der Waals surface area contributed by atoms with Crippen molar-refractivity contribution in [1.82, 2.24) is 0 Å². The second-order valence-corrected chi connectivity index (χ2v) is 22.0. The van der Waals surface area contributed by atoms with Crippen LogP contribution in [0, 0.1) is 0 Å². The minimum Gasteiger partial charge on any atom is -0.462 e. The van der Waals surface area contributed by atoms with Gasteiger partial charge in [-0.05, 0) is 83.5 Å². The zero-order valence-corrected chi connectivity index (χ0v) is 50.5. The quantitative estimate of drug-likeness (QED) is 0.0261. The Morgan fingerprint density at radius 1 is 0.276 bits per heavy atom. The lowest BCUT2D eigenvalue weighted by molar-refractivity contribution is -0.167. The largest absolute Gasteiger partial charge is 0.462 e. The SMILES string of the molecule is CC/C=C\C/C=C\C/C=C\C/C=C\CCCCCCCCCCCCCCCCCCCCCCC(=O)OCC(COC(=O)CCCCCCCCCCCCCC)OC(=O)CCCCCCC/C=C\C/C=C\CCC. The summed E-state index contributed by atoms with van der Waals surface area (Å²) in [4.78, 5) is 38.2. The molecule has 0 aliphatic heterocycles. The maximum Gasteiger partial charge on any atom is 0.306 e. The molecule has 0 rings (SSSR count). The number of carbonyl (C=O) groups is 3. The molecule has 1 atom stereocenters. The Kier molecular flexibility index (Phi) is 61.7. The lowest BCUT2D eigenvalue weighted by Gasteiger charge is -2.18. The van der Waals surface area contributed by atoms with Crippen LogP contribution in [-0.2, 0) is 28.6 Å². The third-order valence-electron chi connectivity index (χ3n) is 14.4. The molecule has 0 aliphatic rings. The monoisotopic (exact) mass is 1060 g/mol. The van der Waals surface area contributed by atoms with E-state index in [9.17, 15) is 14.4 Å². The molecule has 76 heavy (non-hydrogen) atoms. The van der Waals surface area contributed by atoms with Gasteiger partial charge >= 0.3 is 17.9 Å². The van der Waals surface area contributed by atoms with Crippen LogP contribution in [-0.4, -0.2) is 37.2 Å². The smallest absolute Gasteiger partial charge is 0.306 e. The molecule has 6 nitrogen and oxygen atoms in total. The molecule has 0 amide bonds. The van der Waals surface area contributed by atoms with Gasteiger partial charge in [0.1, 0.15) is 13.2 Å². The standard InChI is InChI=1S/C70H124O6/c1-4-7-10-13-16-19-22-25-26-27-28-29-30-31-32-33-34-35-36-37-38-39-40-41-42-43-44-46-48-51-54-57-60-63-69(72)75-66-67(65-74-68(71)62-59-56-53-50-47-24-21-18-15-12-9-6-3)76-70(73)64-61-58-55-52-49-45-23-20-17-14-11-8-5-2/h7,10-11,14,16,19-20,23,25-26,28-29,67H,4-6,8-9,12-13,15,17-18,21-22,24,27,30-66H2,1-3H3/b10-7-,14-11-,19-16-,23-20-,26-25-,29-28-. The van der Waals surface area contributed by atoms with Crippen LogP contribution in [0.1, 0.15) is 335 Å². The van der Waals surface area contributed by atoms with Crippen molar-refractivity contribution in [2.24, 2.45) is 0 Å². The van der Waals surface area contributed by atoms with E-state index in [0.717, 1.165) is 116 Å². The molecule has 1 unspecified atom stereocenters. The highest BCUT2D eigenvalue weighted by molar-refractivity contribution is 5.71. The molecular weight excluding hydrogens is 937 g/mol. The summed E-state index contributed by atoms with van der Waals surface area (Å²) < 4.78 is 16.9. The van der Waals surface area contributed by atoms with Crippen molar-refractivity contribution < 1.29 is 28.6 Å². The molecule has 0 heterocycles. The third kappa shape index (κ3) is 61.7. The lowest BCUT2D eigenvalue weighted by atomic mass is 10.0. The van der Waals surface area contributed by atoms with Crippen LogP contribution in [0.5, 0.6) is 0 Å². The van der Waals surface area contributed by atoms with Gasteiger partial charge in [0, 0.05) is 19.3 Å². The molecule has 0 bridgehead atoms. The Morgan fingerprint density at radius 2 is 0.539 bits per heavy atom. The van der Waals surface area contributed by atoms with Crippen LogP contribution in [0.3, 0.4) is 0 Å². The van der Waals surface area contributed by atoms with Crippen molar-refractivity contribution in [1.29, 1.82) is 0 Å². The number of hydrogen-bond donors (Lipinski definition) is 0. The van der Waals surface area contributed by atoms with E-state index in [0.29, 0.717) is 19.3 Å². The van der Waals surface area contributed by atoms with Gasteiger partial charge in [0.15, 0.2) is 6.10 Å². The van der Waals surface area contributed by atoms with Crippen molar-refractivity contribution in [2.45, 2.75) is 341 Å². The first-order valence-corrected chi connectivity index (χ1v) is 32.9. The Hall–Kier alpha value is -3.15. The second kappa shape index (κ2) is 64.4. The van der Waals surface area contributed by atoms with E-state index < -0.39 is 6.10 Å². The zero-order chi connectivity index (χ0) is 55.0. The summed E-state index contributed by atoms with van der Waals surface area (Å²) in [5.74, 6) is -0.873. The van der Waals surface area contributed by atoms with Gasteiger partial charge in [-0.15, -0.1) is 0 Å². The minimum atomic E-state index is -0.778. The van der Waals surface area contributed by atoms with Gasteiger partial charge in [0.2, 0.25) is 0 Å². The first-order valence-electron chi connectivity index (χ1n) is 32.9. The van der Waals surface area contributed by atoms with Crippen LogP contribution in [0.15, 0.2) is 72.9 Å². The fourth-order valence-corrected chi connectivity index (χ4v) is 9.53. The fraction of sp³-hybridized carbons (Fsp3) is 0.786. The second-order valence-electron chi connectivity index (χ2n) is 22.0. The fourth-order valence-electron chi connectivity index (χ4n) is 9.53. The topological polar surface area (TPSA) is 78.9 Å². The van der Waals surface area contributed by atoms with Gasteiger partial charge in [-0.25, -0.2) is 0 Å². The van der Waals surface area contributed by atoms with Crippen molar-refractivity contribution >= 4 is 17.9 Å². The molecule has 0 aromatic carbocycles. The molecule has 440 valence electrons. The summed E-state index contributed by atoms with van der Waals surface area (Å²) in [6.45, 7) is 6.48. The van der Waals surface area contributed by atoms with E-state index in [2.05, 4.69) is 93.7 Å². The number of esters is 3. The van der Waals surface area contributed by atoms with Gasteiger partial charge in [-0.3, -0.25) is 14.4 Å². The average Bonchev–Trinajstić information content (AvgIpc) is 3.42. The molecule has 0 N–H and O–H groups in total. The Morgan fingerprint density at radius 3 is 0.855 bits per heavy atom. The van der Waals surface area contributed by atoms with Crippen molar-refractivity contribution in [3.05, 3.63) is 72.9 Å². The van der Waals surface area contributed by atoms with Gasteiger partial charge in [-0.1, -0.05) is 306 Å². The van der Waals surface area contributed by atoms with Crippen LogP contribution >= 0.6 is 0 Å². The summed E-state index contributed by atoms with van der Waals surface area (Å²) in [6, 6.07) is 0. The third-order valence-corrected chi connectivity index (χ3v) is 14.4. The van der Waals surface area contributed by atoms with E-state index in [1.165, 1.54) is 180 Å². The molecular formula is C70H124O6. The molecule has 0 radical (unpaired) electrons. The normalized spacial score (nSPS) is 12.5. The van der Waals surface area contributed by atoms with E-state index in [1.54, 1.807) is 0 Å². The van der Waals surface area contributed by atoms with Crippen LogP contribution < -0.4 is 0 Å². The van der Waals surface area contributed by atoms with Crippen LogP contribution in [0.2, 0.25) is 0 Å². The number of rotatable bonds is 60. The Bertz CT molecular complexity index is 1400. The maximum atomic E-state index is 12.8. The van der Waals surface area contributed by atoms with E-state index in [4.69, 9.17) is 14.2 Å². The molecule has 0 fully saturated rings. The van der Waals surface area contributed by atoms with E-state index >= 15 is 0 Å². The highest BCUT2D eigenvalue weighted by atomic mass is 16.6. The number of carbonyl (C=O) groups excluding carboxylic acids is 3. The maximum absolute atomic E-state index is 12.8. The van der Waals surface area contributed by atoms with E-state index in [-0.39, 0.29) is 31.1 Å². The Labute approximate surface area is 472 Å². The molecule has 0 aromatic heterocycles. The average molecular weight is 1060 g/mol. The first kappa shape index (κ1) is 72.8. The number of ether oxygens (including phenoxy) is 3. The highest BCUT2D eigenvalue weighted by Gasteiger charge is 2.19. The van der Waals surface area contributed by atoms with Gasteiger partial charge < -0.3 is 14.2 Å². The minimum absolute atomic E-state index is 0.0755. The number of allylic oxidation sites excluding steroid dienone is 12. The predicted octanol–water partition coefficient (Wildman–Crippen LogP) is 22.5. The highest BCUT2D eigenvalue weighted by Crippen LogP contribution is 2.17. The van der Waals surface area contributed by atoms with E-state index in [1.807, 2.05) is 0 Å². The first-order chi connectivity index (χ1) is 37.5. The molecule has 0 saturated heterocycles. The van der Waals surface area contributed by atoms with Crippen molar-refractivity contribution in [3.63, 3.8) is 0 Å². The number of hydrogen-bond acceptors (Lipinski definition) is 6. The van der Waals surface area contributed by atoms with Gasteiger partial charge in [0.05, 0.1) is 0 Å². The summed E-state index contributed by atoms with van der Waals surface area (Å²) in [6.07, 6.45) is 83.6. The van der Waals surface area contributed by atoms with Crippen LogP contribution in [0.25, 0.3) is 0 Å². The van der Waals surface area contributed by atoms with Crippen molar-refractivity contribution in [3.8, 4) is 0 Å². The van der Waals surface area contributed by atoms with Crippen LogP contribution in [0.4, 0.5) is 0 Å². The predicted molar refractivity (Wildman–Crippen MR) is 330 cm³/mol. The zero-order valence-electron chi connectivity index (χ0n) is 50.5. The summed E-state index contributed by atoms with van der Waals surface area (Å²) in [7, 11) is 0. The summed E-state index contributed by atoms with van der Waals surface area (Å²) >= 11 is 0. The molecule has 0 spiro atoms. The number of unbranched alkanes of at least 4 members (excludes halogenated alkanes) is 37. The summed E-state index contributed by atoms with van der Waals surface area (Å²) in [5.41, 5.74) is 0. The summed E-state index contributed by atoms with van der Waals surface area (Å²) in [5, 5.41) is 0. The molecule has 0 aliphatic carbocycles. The van der Waals surface area contributed by atoms with Crippen molar-refractivity contribution in [2.75, 3.05) is 13.2 Å². The molecule has 6 heteroatoms. The lowest BCUT2D eigenvalue weighted by Crippen LogP contribution is -2.30. The van der Waals surface area contributed by atoms with Gasteiger partial charge in [0.25, 0.3) is 0 Å². The molecule has 0 saturated carbocycles. The van der Waals surface area contributed by atoms with Gasteiger partial charge in [-0.2, -0.15) is 0 Å². The molecule has 0 aromatic rings.